The van der Waals surface area contributed by atoms with Gasteiger partial charge in [0.1, 0.15) is 5.75 Å². The van der Waals surface area contributed by atoms with Crippen molar-refractivity contribution in [1.29, 1.82) is 0 Å². The summed E-state index contributed by atoms with van der Waals surface area (Å²) in [5.41, 5.74) is 6.22. The number of hydrogen-bond donors (Lipinski definition) is 2. The Morgan fingerprint density at radius 3 is 2.62 bits per heavy atom. The Hall–Kier alpha value is -0.960. The molecule has 1 unspecified atom stereocenters. The van der Waals surface area contributed by atoms with Gasteiger partial charge < -0.3 is 20.5 Å². The molecule has 1 saturated heterocycles. The van der Waals surface area contributed by atoms with Crippen LogP contribution in [-0.2, 0) is 9.53 Å². The summed E-state index contributed by atoms with van der Waals surface area (Å²) in [4.78, 5) is 16.2. The number of amidine groups is 1. The number of benzene rings is 1. The lowest BCUT2D eigenvalue weighted by Crippen LogP contribution is -2.41. The van der Waals surface area contributed by atoms with Crippen molar-refractivity contribution in [3.63, 3.8) is 0 Å². The van der Waals surface area contributed by atoms with Gasteiger partial charge in [0, 0.05) is 13.0 Å². The summed E-state index contributed by atoms with van der Waals surface area (Å²) in [7, 11) is 1.57. The number of hydrogen-bond acceptors (Lipinski definition) is 4. The maximum atomic E-state index is 12.2. The minimum Gasteiger partial charge on any atom is -0.494 e. The summed E-state index contributed by atoms with van der Waals surface area (Å²) in [5.74, 6) is 0.797. The lowest BCUT2D eigenvalue weighted by atomic mass is 10.2. The average molecular weight is 530 g/mol. The van der Waals surface area contributed by atoms with Gasteiger partial charge in [0.05, 0.1) is 21.9 Å². The molecule has 0 spiro atoms. The normalized spacial score (nSPS) is 19.5. The molecule has 1 heterocycles. The zero-order valence-corrected chi connectivity index (χ0v) is 18.7. The molecule has 0 radical (unpaired) electrons. The monoisotopic (exact) mass is 527 g/mol. The molecule has 1 atom stereocenters. The Labute approximate surface area is 178 Å². The van der Waals surface area contributed by atoms with E-state index < -0.39 is 16.5 Å². The van der Waals surface area contributed by atoms with E-state index in [2.05, 4.69) is 42.2 Å². The summed E-state index contributed by atoms with van der Waals surface area (Å²) in [6.45, 7) is 1.99. The molecule has 142 valence electrons. The largest absolute Gasteiger partial charge is 0.494 e. The van der Waals surface area contributed by atoms with Crippen LogP contribution in [0.2, 0.25) is 0 Å². The second-order valence-electron chi connectivity index (χ2n) is 5.53. The molecule has 1 aliphatic heterocycles. The Morgan fingerprint density at radius 1 is 1.46 bits per heavy atom. The van der Waals surface area contributed by atoms with Gasteiger partial charge in [-0.2, -0.15) is 0 Å². The number of rotatable bonds is 6. The number of methoxy groups -OCH3 is 1. The molecule has 10 heteroatoms. The number of amides is 1. The molecule has 1 aliphatic rings. The quantitative estimate of drug-likeness (QED) is 0.253. The molecule has 3 N–H and O–H groups in total. The standard InChI is InChI=1S/C16H17Br2Cl2N3O3/c1-8(21)22-4-3-16(19,20)15-23-14(24)12(26-15)7-9-5-10(17)13(25-2)11(18)6-9/h5-7,15H,3-4H2,1-2H3,(H2,21,22)(H,23,24)/b12-7-. The summed E-state index contributed by atoms with van der Waals surface area (Å²) in [6.07, 6.45) is 0.974. The predicted molar refractivity (Wildman–Crippen MR) is 111 cm³/mol. The lowest BCUT2D eigenvalue weighted by molar-refractivity contribution is -0.116. The van der Waals surface area contributed by atoms with Crippen molar-refractivity contribution >= 4 is 72.9 Å². The van der Waals surface area contributed by atoms with Crippen LogP contribution in [0.15, 0.2) is 31.8 Å². The van der Waals surface area contributed by atoms with Crippen LogP contribution in [0, 0.1) is 0 Å². The van der Waals surface area contributed by atoms with E-state index in [0.717, 1.165) is 14.5 Å². The number of alkyl halides is 2. The zero-order valence-electron chi connectivity index (χ0n) is 14.0. The van der Waals surface area contributed by atoms with Gasteiger partial charge in [0.2, 0.25) is 6.23 Å². The van der Waals surface area contributed by atoms with Crippen molar-refractivity contribution in [1.82, 2.24) is 5.32 Å². The van der Waals surface area contributed by atoms with Gasteiger partial charge in [-0.05, 0) is 62.6 Å². The number of nitrogens with zero attached hydrogens (tertiary/aromatic N) is 1. The van der Waals surface area contributed by atoms with E-state index in [1.807, 2.05) is 0 Å². The van der Waals surface area contributed by atoms with Gasteiger partial charge in [-0.1, -0.05) is 23.2 Å². The third kappa shape index (κ3) is 5.28. The first kappa shape index (κ1) is 21.3. The highest BCUT2D eigenvalue weighted by Gasteiger charge is 2.43. The van der Waals surface area contributed by atoms with E-state index in [4.69, 9.17) is 38.4 Å². The average Bonchev–Trinajstić information content (AvgIpc) is 2.88. The van der Waals surface area contributed by atoms with Crippen molar-refractivity contribution in [3.05, 3.63) is 32.4 Å². The van der Waals surface area contributed by atoms with Gasteiger partial charge in [0.15, 0.2) is 10.1 Å². The van der Waals surface area contributed by atoms with Crippen LogP contribution in [0.3, 0.4) is 0 Å². The van der Waals surface area contributed by atoms with Crippen LogP contribution in [0.4, 0.5) is 0 Å². The van der Waals surface area contributed by atoms with Crippen LogP contribution < -0.4 is 15.8 Å². The van der Waals surface area contributed by atoms with Crippen molar-refractivity contribution in [2.75, 3.05) is 13.7 Å². The smallest absolute Gasteiger partial charge is 0.289 e. The van der Waals surface area contributed by atoms with E-state index in [1.165, 1.54) is 0 Å². The predicted octanol–water partition coefficient (Wildman–Crippen LogP) is 3.97. The van der Waals surface area contributed by atoms with Crippen LogP contribution in [0.1, 0.15) is 18.9 Å². The highest BCUT2D eigenvalue weighted by Crippen LogP contribution is 2.37. The molecular weight excluding hydrogens is 513 g/mol. The highest BCUT2D eigenvalue weighted by atomic mass is 79.9. The van der Waals surface area contributed by atoms with Crippen molar-refractivity contribution in [3.8, 4) is 5.75 Å². The first-order valence-electron chi connectivity index (χ1n) is 7.50. The Kier molecular flexibility index (Phi) is 7.24. The molecular formula is C16H17Br2Cl2N3O3. The van der Waals surface area contributed by atoms with Crippen LogP contribution in [-0.4, -0.2) is 36.0 Å². The third-order valence-electron chi connectivity index (χ3n) is 3.44. The van der Waals surface area contributed by atoms with Crippen LogP contribution in [0.5, 0.6) is 5.75 Å². The summed E-state index contributed by atoms with van der Waals surface area (Å²) < 4.78 is 11.0. The fraction of sp³-hybridized carbons (Fsp3) is 0.375. The second kappa shape index (κ2) is 8.82. The third-order valence-corrected chi connectivity index (χ3v) is 5.40. The molecule has 1 fully saturated rings. The number of nitrogens with two attached hydrogens (primary N) is 1. The van der Waals surface area contributed by atoms with Crippen LogP contribution >= 0.6 is 55.1 Å². The minimum atomic E-state index is -1.34. The Balaban J connectivity index is 2.16. The Morgan fingerprint density at radius 2 is 2.08 bits per heavy atom. The first-order chi connectivity index (χ1) is 12.1. The van der Waals surface area contributed by atoms with Gasteiger partial charge >= 0.3 is 0 Å². The number of carbonyl (C=O) groups is 1. The summed E-state index contributed by atoms with van der Waals surface area (Å²) in [6, 6.07) is 3.60. The van der Waals surface area contributed by atoms with Gasteiger partial charge in [-0.15, -0.1) is 0 Å². The molecule has 6 nitrogen and oxygen atoms in total. The molecule has 26 heavy (non-hydrogen) atoms. The van der Waals surface area contributed by atoms with E-state index in [9.17, 15) is 4.79 Å². The van der Waals surface area contributed by atoms with Crippen LogP contribution in [0.25, 0.3) is 6.08 Å². The molecule has 0 aromatic heterocycles. The molecule has 0 saturated carbocycles. The summed E-state index contributed by atoms with van der Waals surface area (Å²) >= 11 is 19.4. The zero-order chi connectivity index (χ0) is 19.5. The number of nitrogens with one attached hydrogen (secondary N) is 1. The van der Waals surface area contributed by atoms with E-state index in [0.29, 0.717) is 18.1 Å². The molecule has 1 aromatic carbocycles. The number of halogens is 4. The van der Waals surface area contributed by atoms with E-state index in [-0.39, 0.29) is 12.2 Å². The van der Waals surface area contributed by atoms with E-state index in [1.54, 1.807) is 32.2 Å². The topological polar surface area (TPSA) is 85.9 Å². The number of aliphatic imine (C=N–C) groups is 1. The molecule has 0 aliphatic carbocycles. The highest BCUT2D eigenvalue weighted by molar-refractivity contribution is 9.11. The van der Waals surface area contributed by atoms with Gasteiger partial charge in [-0.3, -0.25) is 9.79 Å². The van der Waals surface area contributed by atoms with Crippen molar-refractivity contribution in [2.45, 2.75) is 23.9 Å². The maximum absolute atomic E-state index is 12.2. The fourth-order valence-electron chi connectivity index (χ4n) is 2.21. The number of ether oxygens (including phenoxy) is 2. The first-order valence-corrected chi connectivity index (χ1v) is 9.85. The van der Waals surface area contributed by atoms with Gasteiger partial charge in [0.25, 0.3) is 5.91 Å². The fourth-order valence-corrected chi connectivity index (χ4v) is 4.13. The van der Waals surface area contributed by atoms with Crippen molar-refractivity contribution in [2.24, 2.45) is 10.7 Å². The SMILES string of the molecule is COc1c(Br)cc(/C=C2\OC(C(Cl)(Cl)CCN=C(C)N)NC2=O)cc1Br. The minimum absolute atomic E-state index is 0.114. The van der Waals surface area contributed by atoms with Crippen molar-refractivity contribution < 1.29 is 14.3 Å². The summed E-state index contributed by atoms with van der Waals surface area (Å²) in [5, 5.41) is 2.63. The van der Waals surface area contributed by atoms with Gasteiger partial charge in [-0.25, -0.2) is 0 Å². The maximum Gasteiger partial charge on any atom is 0.289 e. The molecule has 0 bridgehead atoms. The molecule has 2 rings (SSSR count). The Bertz CT molecular complexity index is 742. The molecule has 1 amide bonds. The number of carbonyl (C=O) groups excluding carboxylic acids is 1. The second-order valence-corrected chi connectivity index (χ2v) is 8.78. The van der Waals surface area contributed by atoms with E-state index >= 15 is 0 Å². The molecule has 1 aromatic rings. The lowest BCUT2D eigenvalue weighted by Gasteiger charge is -2.24.